The molecular weight excluding hydrogens is 338 g/mol. The lowest BCUT2D eigenvalue weighted by atomic mass is 10.1. The fraction of sp³-hybridized carbons (Fsp3) is 0.136. The van der Waals surface area contributed by atoms with E-state index in [0.717, 1.165) is 11.5 Å². The van der Waals surface area contributed by atoms with Crippen LogP contribution in [-0.2, 0) is 0 Å². The van der Waals surface area contributed by atoms with Crippen LogP contribution in [0.3, 0.4) is 0 Å². The summed E-state index contributed by atoms with van der Waals surface area (Å²) in [5, 5.41) is 0. The Bertz CT molecular complexity index is 883. The Morgan fingerprint density at radius 2 is 1.41 bits per heavy atom. The van der Waals surface area contributed by atoms with Crippen molar-refractivity contribution in [3.05, 3.63) is 90.1 Å². The summed E-state index contributed by atoms with van der Waals surface area (Å²) in [5.41, 5.74) is 2.01. The zero-order valence-corrected chi connectivity index (χ0v) is 14.8. The highest BCUT2D eigenvalue weighted by Gasteiger charge is 2.34. The molecule has 0 atom stereocenters. The summed E-state index contributed by atoms with van der Waals surface area (Å²) in [7, 11) is 0. The Morgan fingerprint density at radius 3 is 2.04 bits per heavy atom. The fourth-order valence-electron chi connectivity index (χ4n) is 3.33. The second kappa shape index (κ2) is 7.41. The quantitative estimate of drug-likeness (QED) is 0.628. The molecule has 0 fully saturated rings. The highest BCUT2D eigenvalue weighted by molar-refractivity contribution is 6.21. The number of fused-ring (bicyclic) bond motifs is 1. The summed E-state index contributed by atoms with van der Waals surface area (Å²) >= 11 is 0. The Kier molecular flexibility index (Phi) is 4.66. The maximum Gasteiger partial charge on any atom is 0.261 e. The summed E-state index contributed by atoms with van der Waals surface area (Å²) < 4.78 is 0. The molecule has 2 aromatic carbocycles. The fourth-order valence-corrected chi connectivity index (χ4v) is 3.33. The normalized spacial score (nSPS) is 13.0. The number of nitrogens with zero attached hydrogens (tertiary/aromatic N) is 3. The first-order valence-corrected chi connectivity index (χ1v) is 8.94. The third-order valence-corrected chi connectivity index (χ3v) is 4.64. The smallest absolute Gasteiger partial charge is 0.261 e. The van der Waals surface area contributed by atoms with E-state index < -0.39 is 0 Å². The Labute approximate surface area is 157 Å². The average molecular weight is 357 g/mol. The molecule has 0 spiro atoms. The molecule has 0 N–H and O–H groups in total. The molecule has 134 valence electrons. The van der Waals surface area contributed by atoms with Crippen molar-refractivity contribution in [2.75, 3.05) is 18.0 Å². The van der Waals surface area contributed by atoms with Gasteiger partial charge in [-0.25, -0.2) is 4.98 Å². The molecule has 1 aliphatic heterocycles. The van der Waals surface area contributed by atoms with Crippen LogP contribution in [0.5, 0.6) is 0 Å². The van der Waals surface area contributed by atoms with Gasteiger partial charge in [-0.15, -0.1) is 0 Å². The first kappa shape index (κ1) is 17.0. The van der Waals surface area contributed by atoms with Gasteiger partial charge in [-0.1, -0.05) is 36.4 Å². The number of carbonyl (C=O) groups is 2. The lowest BCUT2D eigenvalue weighted by molar-refractivity contribution is 0.0653. The predicted octanol–water partition coefficient (Wildman–Crippen LogP) is 3.91. The van der Waals surface area contributed by atoms with E-state index in [9.17, 15) is 9.59 Å². The van der Waals surface area contributed by atoms with E-state index in [1.54, 1.807) is 30.5 Å². The number of rotatable bonds is 6. The second-order valence-corrected chi connectivity index (χ2v) is 6.34. The maximum atomic E-state index is 12.5. The highest BCUT2D eigenvalue weighted by Crippen LogP contribution is 2.25. The third kappa shape index (κ3) is 3.31. The molecule has 1 aliphatic rings. The van der Waals surface area contributed by atoms with Crippen LogP contribution in [0, 0.1) is 0 Å². The van der Waals surface area contributed by atoms with Gasteiger partial charge in [-0.3, -0.25) is 14.5 Å². The minimum absolute atomic E-state index is 0.209. The molecule has 4 rings (SSSR count). The first-order valence-electron chi connectivity index (χ1n) is 8.94. The largest absolute Gasteiger partial charge is 0.326 e. The van der Waals surface area contributed by atoms with E-state index in [0.29, 0.717) is 30.6 Å². The van der Waals surface area contributed by atoms with Crippen molar-refractivity contribution in [2.24, 2.45) is 0 Å². The molecule has 0 saturated heterocycles. The van der Waals surface area contributed by atoms with Gasteiger partial charge in [-0.2, -0.15) is 0 Å². The number of amides is 2. The molecule has 5 heteroatoms. The molecule has 27 heavy (non-hydrogen) atoms. The molecular formula is C22H19N3O2. The van der Waals surface area contributed by atoms with Crippen molar-refractivity contribution in [1.29, 1.82) is 0 Å². The summed E-state index contributed by atoms with van der Waals surface area (Å²) in [6.07, 6.45) is 2.41. The predicted molar refractivity (Wildman–Crippen MR) is 104 cm³/mol. The summed E-state index contributed by atoms with van der Waals surface area (Å²) in [6.45, 7) is 1.02. The van der Waals surface area contributed by atoms with Crippen molar-refractivity contribution in [3.8, 4) is 0 Å². The Hall–Kier alpha value is -3.47. The van der Waals surface area contributed by atoms with Gasteiger partial charge in [0.1, 0.15) is 5.82 Å². The van der Waals surface area contributed by atoms with E-state index in [1.165, 1.54) is 4.90 Å². The monoisotopic (exact) mass is 357 g/mol. The van der Waals surface area contributed by atoms with Crippen molar-refractivity contribution in [2.45, 2.75) is 6.42 Å². The number of hydrogen-bond acceptors (Lipinski definition) is 4. The van der Waals surface area contributed by atoms with Gasteiger partial charge in [0.05, 0.1) is 11.1 Å². The molecule has 2 amide bonds. The second-order valence-electron chi connectivity index (χ2n) is 6.34. The van der Waals surface area contributed by atoms with Gasteiger partial charge < -0.3 is 4.90 Å². The molecule has 0 unspecified atom stereocenters. The van der Waals surface area contributed by atoms with Gasteiger partial charge in [-0.05, 0) is 42.8 Å². The lowest BCUT2D eigenvalue weighted by Crippen LogP contribution is -2.33. The van der Waals surface area contributed by atoms with Crippen LogP contribution < -0.4 is 4.90 Å². The van der Waals surface area contributed by atoms with E-state index in [4.69, 9.17) is 0 Å². The molecule has 0 aliphatic carbocycles. The Balaban J connectivity index is 1.48. The van der Waals surface area contributed by atoms with Gasteiger partial charge >= 0.3 is 0 Å². The van der Waals surface area contributed by atoms with Crippen LogP contribution in [0.4, 0.5) is 11.5 Å². The number of anilines is 2. The summed E-state index contributed by atoms with van der Waals surface area (Å²) in [4.78, 5) is 32.9. The van der Waals surface area contributed by atoms with Crippen LogP contribution in [0.1, 0.15) is 27.1 Å². The van der Waals surface area contributed by atoms with Crippen molar-refractivity contribution in [3.63, 3.8) is 0 Å². The third-order valence-electron chi connectivity index (χ3n) is 4.64. The standard InChI is InChI=1S/C22H19N3O2/c26-21-18-11-4-5-12-19(18)22(27)25(21)16-8-15-24(17-9-2-1-3-10-17)20-13-6-7-14-23-20/h1-7,9-14H,8,15-16H2. The number of benzene rings is 2. The van der Waals surface area contributed by atoms with Crippen LogP contribution in [0.15, 0.2) is 79.0 Å². The molecule has 1 aromatic heterocycles. The highest BCUT2D eigenvalue weighted by atomic mass is 16.2. The van der Waals surface area contributed by atoms with Crippen LogP contribution in [0.25, 0.3) is 0 Å². The minimum atomic E-state index is -0.209. The van der Waals surface area contributed by atoms with Crippen molar-refractivity contribution in [1.82, 2.24) is 9.88 Å². The van der Waals surface area contributed by atoms with E-state index in [-0.39, 0.29) is 11.8 Å². The Morgan fingerprint density at radius 1 is 0.778 bits per heavy atom. The SMILES string of the molecule is O=C1c2ccccc2C(=O)N1CCCN(c1ccccc1)c1ccccn1. The lowest BCUT2D eigenvalue weighted by Gasteiger charge is -2.25. The number of pyridine rings is 1. The van der Waals surface area contributed by atoms with Crippen LogP contribution in [-0.4, -0.2) is 34.8 Å². The first-order chi connectivity index (χ1) is 13.3. The zero-order chi connectivity index (χ0) is 18.6. The average Bonchev–Trinajstić information content (AvgIpc) is 2.97. The number of aromatic nitrogens is 1. The zero-order valence-electron chi connectivity index (χ0n) is 14.8. The number of para-hydroxylation sites is 1. The molecule has 3 aromatic rings. The van der Waals surface area contributed by atoms with E-state index in [2.05, 4.69) is 9.88 Å². The molecule has 0 saturated carbocycles. The molecule has 0 radical (unpaired) electrons. The van der Waals surface area contributed by atoms with E-state index >= 15 is 0 Å². The number of imide groups is 1. The number of carbonyl (C=O) groups excluding carboxylic acids is 2. The van der Waals surface area contributed by atoms with Crippen molar-refractivity contribution >= 4 is 23.3 Å². The molecule has 2 heterocycles. The summed E-state index contributed by atoms with van der Waals surface area (Å²) in [5.74, 6) is 0.422. The van der Waals surface area contributed by atoms with Gasteiger partial charge in [0.2, 0.25) is 0 Å². The van der Waals surface area contributed by atoms with Gasteiger partial charge in [0.15, 0.2) is 0 Å². The molecule has 0 bridgehead atoms. The van der Waals surface area contributed by atoms with Crippen LogP contribution >= 0.6 is 0 Å². The topological polar surface area (TPSA) is 53.5 Å². The maximum absolute atomic E-state index is 12.5. The summed E-state index contributed by atoms with van der Waals surface area (Å²) in [6, 6.07) is 22.7. The minimum Gasteiger partial charge on any atom is -0.326 e. The van der Waals surface area contributed by atoms with Crippen LogP contribution in [0.2, 0.25) is 0 Å². The number of hydrogen-bond donors (Lipinski definition) is 0. The van der Waals surface area contributed by atoms with Crippen molar-refractivity contribution < 1.29 is 9.59 Å². The van der Waals surface area contributed by atoms with E-state index in [1.807, 2.05) is 48.5 Å². The molecule has 5 nitrogen and oxygen atoms in total. The van der Waals surface area contributed by atoms with Gasteiger partial charge in [0.25, 0.3) is 11.8 Å². The van der Waals surface area contributed by atoms with Gasteiger partial charge in [0, 0.05) is 25.0 Å².